The lowest BCUT2D eigenvalue weighted by molar-refractivity contribution is -0.147. The molecule has 2 amide bonds. The molecule has 0 aliphatic rings. The van der Waals surface area contributed by atoms with E-state index in [9.17, 15) is 14.4 Å². The van der Waals surface area contributed by atoms with Gasteiger partial charge in [-0.1, -0.05) is 32.0 Å². The SMILES string of the molecule is Cc1cc(C)cc(NC(=O)COC(=O)CCCC(=O)Nc2ccc(Oc3cc(C)ccc3C(C)C)cc2)c1. The van der Waals surface area contributed by atoms with Gasteiger partial charge in [-0.2, -0.15) is 0 Å². The van der Waals surface area contributed by atoms with Crippen LogP contribution in [0.25, 0.3) is 0 Å². The molecule has 0 aliphatic heterocycles. The minimum atomic E-state index is -0.521. The van der Waals surface area contributed by atoms with Crippen molar-refractivity contribution in [1.29, 1.82) is 0 Å². The zero-order valence-electron chi connectivity index (χ0n) is 22.7. The summed E-state index contributed by atoms with van der Waals surface area (Å²) in [6.45, 7) is 9.79. The number of carbonyl (C=O) groups excluding carboxylic acids is 3. The first-order valence-corrected chi connectivity index (χ1v) is 12.8. The molecule has 7 nitrogen and oxygen atoms in total. The average molecular weight is 517 g/mol. The second kappa shape index (κ2) is 13.4. The van der Waals surface area contributed by atoms with Gasteiger partial charge in [0.05, 0.1) is 0 Å². The molecule has 0 heterocycles. The number of rotatable bonds is 11. The Labute approximate surface area is 224 Å². The van der Waals surface area contributed by atoms with E-state index in [1.54, 1.807) is 12.1 Å². The van der Waals surface area contributed by atoms with Crippen LogP contribution in [0.1, 0.15) is 61.3 Å². The fourth-order valence-electron chi connectivity index (χ4n) is 4.02. The van der Waals surface area contributed by atoms with E-state index >= 15 is 0 Å². The standard InChI is InChI=1S/C31H36N2O5/c1-20(2)27-14-9-21(3)18-28(27)38-26-12-10-24(11-13-26)32-29(34)7-6-8-31(36)37-19-30(35)33-25-16-22(4)15-23(5)17-25/h9-18,20H,6-8,19H2,1-5H3,(H,32,34)(H,33,35). The Hall–Kier alpha value is -4.13. The van der Waals surface area contributed by atoms with Gasteiger partial charge in [-0.3, -0.25) is 14.4 Å². The summed E-state index contributed by atoms with van der Waals surface area (Å²) in [6, 6.07) is 19.0. The molecular weight excluding hydrogens is 480 g/mol. The molecular formula is C31H36N2O5. The average Bonchev–Trinajstić information content (AvgIpc) is 2.83. The van der Waals surface area contributed by atoms with E-state index in [1.165, 1.54) is 0 Å². The maximum atomic E-state index is 12.3. The predicted octanol–water partition coefficient (Wildman–Crippen LogP) is 6.82. The number of benzene rings is 3. The summed E-state index contributed by atoms with van der Waals surface area (Å²) in [6.07, 6.45) is 0.519. The molecule has 0 fully saturated rings. The van der Waals surface area contributed by atoms with Gasteiger partial charge in [-0.25, -0.2) is 0 Å². The van der Waals surface area contributed by atoms with E-state index in [0.717, 1.165) is 28.0 Å². The number of carbonyl (C=O) groups is 3. The van der Waals surface area contributed by atoms with Crippen molar-refractivity contribution >= 4 is 29.2 Å². The van der Waals surface area contributed by atoms with Crippen molar-refractivity contribution in [2.45, 2.75) is 59.8 Å². The van der Waals surface area contributed by atoms with Gasteiger partial charge in [0.2, 0.25) is 5.91 Å². The van der Waals surface area contributed by atoms with Gasteiger partial charge in [0.15, 0.2) is 6.61 Å². The molecule has 3 rings (SSSR count). The molecule has 2 N–H and O–H groups in total. The highest BCUT2D eigenvalue weighted by Gasteiger charge is 2.12. The normalized spacial score (nSPS) is 10.7. The Morgan fingerprint density at radius 2 is 1.39 bits per heavy atom. The zero-order valence-corrected chi connectivity index (χ0v) is 22.7. The highest BCUT2D eigenvalue weighted by molar-refractivity contribution is 5.93. The van der Waals surface area contributed by atoms with Crippen LogP contribution >= 0.6 is 0 Å². The van der Waals surface area contributed by atoms with E-state index in [-0.39, 0.29) is 25.4 Å². The monoisotopic (exact) mass is 516 g/mol. The van der Waals surface area contributed by atoms with Crippen LogP contribution in [0.3, 0.4) is 0 Å². The fourth-order valence-corrected chi connectivity index (χ4v) is 4.02. The lowest BCUT2D eigenvalue weighted by Crippen LogP contribution is -2.21. The minimum absolute atomic E-state index is 0.0473. The Morgan fingerprint density at radius 3 is 2.05 bits per heavy atom. The lowest BCUT2D eigenvalue weighted by atomic mass is 10.0. The van der Waals surface area contributed by atoms with Crippen LogP contribution in [0.2, 0.25) is 0 Å². The summed E-state index contributed by atoms with van der Waals surface area (Å²) in [5, 5.41) is 5.54. The number of amides is 2. The molecule has 0 aromatic heterocycles. The van der Waals surface area contributed by atoms with Crippen LogP contribution in [0.4, 0.5) is 11.4 Å². The molecule has 0 atom stereocenters. The summed E-state index contributed by atoms with van der Waals surface area (Å²) in [5.41, 5.74) is 5.62. The lowest BCUT2D eigenvalue weighted by Gasteiger charge is -2.15. The molecule has 0 unspecified atom stereocenters. The van der Waals surface area contributed by atoms with E-state index in [1.807, 2.05) is 57.2 Å². The molecule has 0 saturated heterocycles. The second-order valence-electron chi connectivity index (χ2n) is 9.81. The molecule has 3 aromatic rings. The van der Waals surface area contributed by atoms with Gasteiger partial charge in [0, 0.05) is 24.2 Å². The van der Waals surface area contributed by atoms with Crippen molar-refractivity contribution in [1.82, 2.24) is 0 Å². The molecule has 0 saturated carbocycles. The first kappa shape index (κ1) is 28.4. The summed E-state index contributed by atoms with van der Waals surface area (Å²) in [5.74, 6) is 0.704. The van der Waals surface area contributed by atoms with Crippen LogP contribution in [0.5, 0.6) is 11.5 Å². The summed E-state index contributed by atoms with van der Waals surface area (Å²) in [7, 11) is 0. The minimum Gasteiger partial charge on any atom is -0.457 e. The Balaban J connectivity index is 1.38. The van der Waals surface area contributed by atoms with Crippen LogP contribution < -0.4 is 15.4 Å². The molecule has 3 aromatic carbocycles. The first-order valence-electron chi connectivity index (χ1n) is 12.8. The van der Waals surface area contributed by atoms with E-state index < -0.39 is 11.9 Å². The third-order valence-corrected chi connectivity index (χ3v) is 5.81. The van der Waals surface area contributed by atoms with Crippen molar-refractivity contribution in [2.24, 2.45) is 0 Å². The van der Waals surface area contributed by atoms with Gasteiger partial charge < -0.3 is 20.1 Å². The van der Waals surface area contributed by atoms with Crippen LogP contribution in [0.15, 0.2) is 60.7 Å². The number of ether oxygens (including phenoxy) is 2. The maximum absolute atomic E-state index is 12.3. The van der Waals surface area contributed by atoms with E-state index in [0.29, 0.717) is 29.5 Å². The number of hydrogen-bond donors (Lipinski definition) is 2. The smallest absolute Gasteiger partial charge is 0.306 e. The number of aryl methyl sites for hydroxylation is 3. The molecule has 0 aliphatic carbocycles. The number of esters is 1. The Morgan fingerprint density at radius 1 is 0.737 bits per heavy atom. The largest absolute Gasteiger partial charge is 0.457 e. The van der Waals surface area contributed by atoms with Gasteiger partial charge >= 0.3 is 5.97 Å². The summed E-state index contributed by atoms with van der Waals surface area (Å²) < 4.78 is 11.1. The van der Waals surface area contributed by atoms with Crippen molar-refractivity contribution in [3.8, 4) is 11.5 Å². The van der Waals surface area contributed by atoms with Gasteiger partial charge in [0.25, 0.3) is 5.91 Å². The summed E-state index contributed by atoms with van der Waals surface area (Å²) >= 11 is 0. The molecule has 0 radical (unpaired) electrons. The van der Waals surface area contributed by atoms with Gasteiger partial charge in [-0.15, -0.1) is 0 Å². The number of nitrogens with one attached hydrogen (secondary N) is 2. The predicted molar refractivity (Wildman–Crippen MR) is 150 cm³/mol. The third kappa shape index (κ3) is 9.07. The molecule has 200 valence electrons. The molecule has 38 heavy (non-hydrogen) atoms. The van der Waals surface area contributed by atoms with Crippen molar-refractivity contribution in [3.63, 3.8) is 0 Å². The Kier molecular flexibility index (Phi) is 10.0. The molecule has 0 spiro atoms. The maximum Gasteiger partial charge on any atom is 0.306 e. The van der Waals surface area contributed by atoms with Crippen molar-refractivity contribution < 1.29 is 23.9 Å². The second-order valence-corrected chi connectivity index (χ2v) is 9.81. The van der Waals surface area contributed by atoms with Gasteiger partial charge in [0.1, 0.15) is 11.5 Å². The number of hydrogen-bond acceptors (Lipinski definition) is 5. The highest BCUT2D eigenvalue weighted by atomic mass is 16.5. The van der Waals surface area contributed by atoms with Gasteiger partial charge in [-0.05, 0) is 97.8 Å². The first-order chi connectivity index (χ1) is 18.1. The van der Waals surface area contributed by atoms with Crippen LogP contribution in [-0.4, -0.2) is 24.4 Å². The van der Waals surface area contributed by atoms with Crippen molar-refractivity contribution in [3.05, 3.63) is 82.9 Å². The van der Waals surface area contributed by atoms with Crippen LogP contribution in [0, 0.1) is 20.8 Å². The van der Waals surface area contributed by atoms with E-state index in [2.05, 4.69) is 36.6 Å². The topological polar surface area (TPSA) is 93.7 Å². The third-order valence-electron chi connectivity index (χ3n) is 5.81. The quantitative estimate of drug-likeness (QED) is 0.273. The summed E-state index contributed by atoms with van der Waals surface area (Å²) in [4.78, 5) is 36.3. The zero-order chi connectivity index (χ0) is 27.7. The van der Waals surface area contributed by atoms with E-state index in [4.69, 9.17) is 9.47 Å². The fraction of sp³-hybridized carbons (Fsp3) is 0.323. The molecule has 0 bridgehead atoms. The van der Waals surface area contributed by atoms with Crippen molar-refractivity contribution in [2.75, 3.05) is 17.2 Å². The highest BCUT2D eigenvalue weighted by Crippen LogP contribution is 2.32. The molecule has 7 heteroatoms. The number of anilines is 2. The van der Waals surface area contributed by atoms with Crippen LogP contribution in [-0.2, 0) is 19.1 Å². The Bertz CT molecular complexity index is 1260.